The van der Waals surface area contributed by atoms with Crippen LogP contribution in [0.25, 0.3) is 0 Å². The van der Waals surface area contributed by atoms with Crippen LogP contribution in [0.5, 0.6) is 5.75 Å². The zero-order valence-electron chi connectivity index (χ0n) is 10.6. The van der Waals surface area contributed by atoms with Crippen molar-refractivity contribution in [3.05, 3.63) is 23.8 Å². The van der Waals surface area contributed by atoms with Gasteiger partial charge in [-0.05, 0) is 43.7 Å². The van der Waals surface area contributed by atoms with Crippen LogP contribution < -0.4 is 14.8 Å². The number of rotatable bonds is 4. The highest BCUT2D eigenvalue weighted by atomic mass is 32.2. The van der Waals surface area contributed by atoms with Crippen LogP contribution in [0.15, 0.2) is 23.1 Å². The van der Waals surface area contributed by atoms with Gasteiger partial charge in [0.05, 0.1) is 12.0 Å². The topological polar surface area (TPSA) is 67.4 Å². The van der Waals surface area contributed by atoms with Crippen LogP contribution in [0, 0.1) is 6.92 Å². The molecule has 18 heavy (non-hydrogen) atoms. The van der Waals surface area contributed by atoms with Crippen molar-refractivity contribution in [1.29, 1.82) is 0 Å². The van der Waals surface area contributed by atoms with Gasteiger partial charge in [0, 0.05) is 12.6 Å². The van der Waals surface area contributed by atoms with Crippen molar-refractivity contribution in [2.75, 3.05) is 20.2 Å². The molecule has 0 bridgehead atoms. The number of aryl methyl sites for hydroxylation is 1. The summed E-state index contributed by atoms with van der Waals surface area (Å²) in [6, 6.07) is 4.86. The molecule has 6 heteroatoms. The van der Waals surface area contributed by atoms with E-state index in [1.165, 1.54) is 0 Å². The molecule has 0 amide bonds. The Morgan fingerprint density at radius 3 is 2.78 bits per heavy atom. The van der Waals surface area contributed by atoms with Crippen molar-refractivity contribution >= 4 is 10.0 Å². The molecule has 2 N–H and O–H groups in total. The number of hydrogen-bond donors (Lipinski definition) is 2. The van der Waals surface area contributed by atoms with Gasteiger partial charge in [0.1, 0.15) is 5.75 Å². The van der Waals surface area contributed by atoms with Crippen LogP contribution in [-0.2, 0) is 10.0 Å². The summed E-state index contributed by atoms with van der Waals surface area (Å²) in [6.07, 6.45) is 0.828. The smallest absolute Gasteiger partial charge is 0.240 e. The van der Waals surface area contributed by atoms with E-state index >= 15 is 0 Å². The molecule has 0 aromatic heterocycles. The first-order chi connectivity index (χ1) is 8.53. The Bertz CT molecular complexity index is 522. The van der Waals surface area contributed by atoms with E-state index in [4.69, 9.17) is 4.74 Å². The van der Waals surface area contributed by atoms with E-state index in [0.717, 1.165) is 18.5 Å². The third-order valence-electron chi connectivity index (χ3n) is 3.06. The SMILES string of the molecule is COc1ccc(S(=O)(=O)NC2CCNC2)cc1C. The van der Waals surface area contributed by atoms with E-state index in [2.05, 4.69) is 10.0 Å². The molecule has 0 radical (unpaired) electrons. The summed E-state index contributed by atoms with van der Waals surface area (Å²) in [6.45, 7) is 3.37. The first kappa shape index (κ1) is 13.3. The molecule has 5 nitrogen and oxygen atoms in total. The second kappa shape index (κ2) is 5.26. The molecule has 0 spiro atoms. The average Bonchev–Trinajstić information content (AvgIpc) is 2.81. The normalized spacial score (nSPS) is 20.0. The van der Waals surface area contributed by atoms with Crippen LogP contribution in [-0.4, -0.2) is 34.7 Å². The third kappa shape index (κ3) is 2.82. The van der Waals surface area contributed by atoms with Crippen LogP contribution in [0.2, 0.25) is 0 Å². The highest BCUT2D eigenvalue weighted by Crippen LogP contribution is 2.21. The highest BCUT2D eigenvalue weighted by molar-refractivity contribution is 7.89. The molecule has 1 aliphatic heterocycles. The molecule has 2 rings (SSSR count). The van der Waals surface area contributed by atoms with Crippen molar-refractivity contribution in [3.63, 3.8) is 0 Å². The van der Waals surface area contributed by atoms with E-state index in [-0.39, 0.29) is 10.9 Å². The maximum atomic E-state index is 12.2. The second-order valence-electron chi connectivity index (χ2n) is 4.44. The fourth-order valence-corrected chi connectivity index (χ4v) is 3.42. The Hall–Kier alpha value is -1.11. The summed E-state index contributed by atoms with van der Waals surface area (Å²) in [5, 5.41) is 3.13. The monoisotopic (exact) mass is 270 g/mol. The highest BCUT2D eigenvalue weighted by Gasteiger charge is 2.22. The minimum absolute atomic E-state index is 0.0163. The van der Waals surface area contributed by atoms with Gasteiger partial charge in [0.25, 0.3) is 0 Å². The minimum atomic E-state index is -3.44. The molecule has 1 unspecified atom stereocenters. The van der Waals surface area contributed by atoms with Gasteiger partial charge in [-0.2, -0.15) is 0 Å². The molecule has 1 aromatic rings. The van der Waals surface area contributed by atoms with E-state index < -0.39 is 10.0 Å². The quantitative estimate of drug-likeness (QED) is 0.843. The number of benzene rings is 1. The maximum absolute atomic E-state index is 12.2. The summed E-state index contributed by atoms with van der Waals surface area (Å²) < 4.78 is 32.1. The largest absolute Gasteiger partial charge is 0.496 e. The van der Waals surface area contributed by atoms with Gasteiger partial charge in [-0.25, -0.2) is 13.1 Å². The molecule has 1 saturated heterocycles. The summed E-state index contributed by atoms with van der Waals surface area (Å²) in [4.78, 5) is 0.285. The van der Waals surface area contributed by atoms with E-state index in [1.807, 2.05) is 6.92 Å². The lowest BCUT2D eigenvalue weighted by Crippen LogP contribution is -2.36. The fraction of sp³-hybridized carbons (Fsp3) is 0.500. The van der Waals surface area contributed by atoms with Crippen LogP contribution in [0.3, 0.4) is 0 Å². The summed E-state index contributed by atoms with van der Waals surface area (Å²) in [5.41, 5.74) is 0.810. The zero-order chi connectivity index (χ0) is 13.2. The van der Waals surface area contributed by atoms with Crippen molar-refractivity contribution < 1.29 is 13.2 Å². The lowest BCUT2D eigenvalue weighted by atomic mass is 10.2. The van der Waals surface area contributed by atoms with E-state index in [9.17, 15) is 8.42 Å². The Balaban J connectivity index is 2.21. The Morgan fingerprint density at radius 2 is 2.22 bits per heavy atom. The van der Waals surface area contributed by atoms with Gasteiger partial charge < -0.3 is 10.1 Å². The predicted molar refractivity (Wildman–Crippen MR) is 69.3 cm³/mol. The number of hydrogen-bond acceptors (Lipinski definition) is 4. The minimum Gasteiger partial charge on any atom is -0.496 e. The number of methoxy groups -OCH3 is 1. The van der Waals surface area contributed by atoms with Crippen molar-refractivity contribution in [3.8, 4) is 5.75 Å². The molecule has 1 atom stereocenters. The van der Waals surface area contributed by atoms with Gasteiger partial charge in [0.2, 0.25) is 10.0 Å². The van der Waals surface area contributed by atoms with Gasteiger partial charge in [-0.3, -0.25) is 0 Å². The van der Waals surface area contributed by atoms with E-state index in [1.54, 1.807) is 25.3 Å². The Kier molecular flexibility index (Phi) is 3.89. The number of sulfonamides is 1. The first-order valence-corrected chi connectivity index (χ1v) is 7.39. The van der Waals surface area contributed by atoms with Crippen LogP contribution in [0.4, 0.5) is 0 Å². The lowest BCUT2D eigenvalue weighted by molar-refractivity contribution is 0.411. The number of ether oxygens (including phenoxy) is 1. The first-order valence-electron chi connectivity index (χ1n) is 5.90. The zero-order valence-corrected chi connectivity index (χ0v) is 11.4. The fourth-order valence-electron chi connectivity index (χ4n) is 2.06. The predicted octanol–water partition coefficient (Wildman–Crippen LogP) is 0.644. The Morgan fingerprint density at radius 1 is 1.44 bits per heavy atom. The lowest BCUT2D eigenvalue weighted by Gasteiger charge is -2.13. The molecule has 0 saturated carbocycles. The summed E-state index contributed by atoms with van der Waals surface area (Å²) in [7, 11) is -1.87. The van der Waals surface area contributed by atoms with Crippen molar-refractivity contribution in [2.45, 2.75) is 24.3 Å². The van der Waals surface area contributed by atoms with Crippen LogP contribution >= 0.6 is 0 Å². The molecule has 1 aromatic carbocycles. The standard InChI is InChI=1S/C12H18N2O3S/c1-9-7-11(3-4-12(9)17-2)18(15,16)14-10-5-6-13-8-10/h3-4,7,10,13-14H,5-6,8H2,1-2H3. The van der Waals surface area contributed by atoms with Crippen molar-refractivity contribution in [1.82, 2.24) is 10.0 Å². The van der Waals surface area contributed by atoms with Crippen molar-refractivity contribution in [2.24, 2.45) is 0 Å². The van der Waals surface area contributed by atoms with Gasteiger partial charge in [-0.1, -0.05) is 0 Å². The molecule has 1 aliphatic rings. The van der Waals surface area contributed by atoms with Gasteiger partial charge in [-0.15, -0.1) is 0 Å². The second-order valence-corrected chi connectivity index (χ2v) is 6.16. The molecule has 1 heterocycles. The molecule has 100 valence electrons. The molecule has 0 aliphatic carbocycles. The molecule has 1 fully saturated rings. The molecular weight excluding hydrogens is 252 g/mol. The number of nitrogens with one attached hydrogen (secondary N) is 2. The average molecular weight is 270 g/mol. The third-order valence-corrected chi connectivity index (χ3v) is 4.58. The molecular formula is C12H18N2O3S. The summed E-state index contributed by atoms with van der Waals surface area (Å²) in [5.74, 6) is 0.691. The van der Waals surface area contributed by atoms with E-state index in [0.29, 0.717) is 12.3 Å². The Labute approximate surface area is 108 Å². The van der Waals surface area contributed by atoms with Crippen LogP contribution in [0.1, 0.15) is 12.0 Å². The maximum Gasteiger partial charge on any atom is 0.240 e. The van der Waals surface area contributed by atoms with Gasteiger partial charge >= 0.3 is 0 Å². The van der Waals surface area contributed by atoms with Gasteiger partial charge in [0.15, 0.2) is 0 Å². The summed E-state index contributed by atoms with van der Waals surface area (Å²) >= 11 is 0.